The molecule has 1 aliphatic heterocycles. The summed E-state index contributed by atoms with van der Waals surface area (Å²) in [5.74, 6) is -1.73. The quantitative estimate of drug-likeness (QED) is 0.880. The minimum atomic E-state index is -1.03. The van der Waals surface area contributed by atoms with Crippen molar-refractivity contribution in [3.05, 3.63) is 29.0 Å². The van der Waals surface area contributed by atoms with Crippen molar-refractivity contribution in [1.82, 2.24) is 4.90 Å². The topological polar surface area (TPSA) is 69.6 Å². The summed E-state index contributed by atoms with van der Waals surface area (Å²) in [6, 6.07) is 2.23. The molecule has 21 heavy (non-hydrogen) atoms. The molecule has 0 bridgehead atoms. The minimum absolute atomic E-state index is 0.127. The summed E-state index contributed by atoms with van der Waals surface area (Å²) in [4.78, 5) is 24.8. The molecule has 1 aromatic carbocycles. The number of carbonyl (C=O) groups excluding carboxylic acids is 1. The molecule has 2 N–H and O–H groups in total. The first-order chi connectivity index (χ1) is 9.88. The molecule has 1 aromatic rings. The molecular weight excluding hydrogens is 299 g/mol. The number of hydrogen-bond acceptors (Lipinski definition) is 2. The second kappa shape index (κ2) is 6.30. The van der Waals surface area contributed by atoms with Crippen molar-refractivity contribution >= 4 is 29.3 Å². The third-order valence-electron chi connectivity index (χ3n) is 3.56. The van der Waals surface area contributed by atoms with Crippen LogP contribution >= 0.6 is 11.6 Å². The molecule has 5 nitrogen and oxygen atoms in total. The van der Waals surface area contributed by atoms with Gasteiger partial charge in [0.15, 0.2) is 0 Å². The molecular formula is C14H16ClFN2O3. The van der Waals surface area contributed by atoms with E-state index in [1.807, 2.05) is 0 Å². The Morgan fingerprint density at radius 2 is 2.14 bits per heavy atom. The van der Waals surface area contributed by atoms with Gasteiger partial charge in [-0.25, -0.2) is 14.0 Å². The third kappa shape index (κ3) is 3.64. The van der Waals surface area contributed by atoms with Crippen LogP contribution in [0.25, 0.3) is 0 Å². The summed E-state index contributed by atoms with van der Waals surface area (Å²) >= 11 is 5.72. The van der Waals surface area contributed by atoms with E-state index in [2.05, 4.69) is 5.32 Å². The van der Waals surface area contributed by atoms with Crippen LogP contribution in [0.15, 0.2) is 18.2 Å². The molecule has 1 heterocycles. The van der Waals surface area contributed by atoms with E-state index in [0.29, 0.717) is 6.54 Å². The molecule has 1 saturated heterocycles. The first-order valence-corrected chi connectivity index (χ1v) is 7.03. The third-order valence-corrected chi connectivity index (χ3v) is 3.78. The maximum Gasteiger partial charge on any atom is 0.326 e. The highest BCUT2D eigenvalue weighted by Gasteiger charge is 2.37. The van der Waals surface area contributed by atoms with E-state index >= 15 is 0 Å². The Kier molecular flexibility index (Phi) is 4.67. The average molecular weight is 315 g/mol. The number of anilines is 1. The number of benzene rings is 1. The van der Waals surface area contributed by atoms with Gasteiger partial charge in [-0.05, 0) is 37.0 Å². The van der Waals surface area contributed by atoms with Gasteiger partial charge < -0.3 is 15.3 Å². The number of urea groups is 1. The molecule has 0 aliphatic carbocycles. The lowest BCUT2D eigenvalue weighted by atomic mass is 9.91. The molecule has 0 saturated carbocycles. The van der Waals surface area contributed by atoms with Gasteiger partial charge >= 0.3 is 12.0 Å². The van der Waals surface area contributed by atoms with Crippen molar-refractivity contribution < 1.29 is 19.1 Å². The van der Waals surface area contributed by atoms with Crippen LogP contribution in [0.4, 0.5) is 14.9 Å². The summed E-state index contributed by atoms with van der Waals surface area (Å²) in [6.45, 7) is 2.16. The van der Waals surface area contributed by atoms with Crippen molar-refractivity contribution in [2.75, 3.05) is 11.9 Å². The predicted molar refractivity (Wildman–Crippen MR) is 77.0 cm³/mol. The summed E-state index contributed by atoms with van der Waals surface area (Å²) in [6.07, 6.45) is 1.49. The van der Waals surface area contributed by atoms with Gasteiger partial charge in [0.25, 0.3) is 0 Å². The Hall–Kier alpha value is -1.82. The number of amides is 2. The highest BCUT2D eigenvalue weighted by Crippen LogP contribution is 2.25. The Morgan fingerprint density at radius 1 is 1.43 bits per heavy atom. The van der Waals surface area contributed by atoms with Gasteiger partial charge in [-0.3, -0.25) is 0 Å². The first-order valence-electron chi connectivity index (χ1n) is 6.65. The zero-order valence-corrected chi connectivity index (χ0v) is 12.2. The predicted octanol–water partition coefficient (Wildman–Crippen LogP) is 3.20. The smallest absolute Gasteiger partial charge is 0.326 e. The van der Waals surface area contributed by atoms with E-state index < -0.39 is 23.9 Å². The van der Waals surface area contributed by atoms with E-state index in [9.17, 15) is 19.1 Å². The molecule has 2 rings (SSSR count). The Morgan fingerprint density at radius 3 is 2.76 bits per heavy atom. The van der Waals surface area contributed by atoms with E-state index in [1.54, 1.807) is 6.92 Å². The van der Waals surface area contributed by atoms with Gasteiger partial charge in [0.2, 0.25) is 0 Å². The Balaban J connectivity index is 2.16. The molecule has 2 unspecified atom stereocenters. The molecule has 2 amide bonds. The molecule has 1 aliphatic rings. The number of halogens is 2. The zero-order chi connectivity index (χ0) is 15.6. The van der Waals surface area contributed by atoms with Crippen LogP contribution < -0.4 is 5.32 Å². The Bertz CT molecular complexity index is 547. The maximum absolute atomic E-state index is 13.2. The number of nitrogens with zero attached hydrogens (tertiary/aromatic N) is 1. The minimum Gasteiger partial charge on any atom is -0.480 e. The number of piperidine rings is 1. The van der Waals surface area contributed by atoms with Crippen molar-refractivity contribution in [3.63, 3.8) is 0 Å². The van der Waals surface area contributed by atoms with Gasteiger partial charge in [-0.15, -0.1) is 0 Å². The summed E-state index contributed by atoms with van der Waals surface area (Å²) < 4.78 is 13.2. The highest BCUT2D eigenvalue weighted by molar-refractivity contribution is 6.30. The fourth-order valence-corrected chi connectivity index (χ4v) is 2.84. The Labute approximate surface area is 126 Å². The fourth-order valence-electron chi connectivity index (χ4n) is 2.61. The second-order valence-electron chi connectivity index (χ2n) is 5.18. The first kappa shape index (κ1) is 15.6. The molecule has 0 spiro atoms. The summed E-state index contributed by atoms with van der Waals surface area (Å²) in [5.41, 5.74) is 0.201. The lowest BCUT2D eigenvalue weighted by Crippen LogP contribution is -2.53. The van der Waals surface area contributed by atoms with Crippen molar-refractivity contribution in [3.8, 4) is 0 Å². The average Bonchev–Trinajstić information content (AvgIpc) is 2.36. The number of carbonyl (C=O) groups is 2. The standard InChI is InChI=1S/C14H16ClFN2O3/c1-8-3-2-4-18(12(8)13(19)20)14(21)17-11-6-9(15)5-10(16)7-11/h5-8,12H,2-4H2,1H3,(H,17,21)(H,19,20). The van der Waals surface area contributed by atoms with Crippen LogP contribution in [0.5, 0.6) is 0 Å². The van der Waals surface area contributed by atoms with Gasteiger partial charge in [0.05, 0.1) is 0 Å². The lowest BCUT2D eigenvalue weighted by molar-refractivity contribution is -0.145. The number of likely N-dealkylation sites (tertiary alicyclic amines) is 1. The van der Waals surface area contributed by atoms with Crippen molar-refractivity contribution in [2.45, 2.75) is 25.8 Å². The fraction of sp³-hybridized carbons (Fsp3) is 0.429. The number of carboxylic acid groups (broad SMARTS) is 1. The maximum atomic E-state index is 13.2. The van der Waals surface area contributed by atoms with E-state index in [4.69, 9.17) is 11.6 Å². The van der Waals surface area contributed by atoms with Gasteiger partial charge in [-0.2, -0.15) is 0 Å². The van der Waals surface area contributed by atoms with E-state index in [-0.39, 0.29) is 16.6 Å². The summed E-state index contributed by atoms with van der Waals surface area (Å²) in [5, 5.41) is 11.9. The van der Waals surface area contributed by atoms with Crippen molar-refractivity contribution in [1.29, 1.82) is 0 Å². The molecule has 0 radical (unpaired) electrons. The van der Waals surface area contributed by atoms with Crippen LogP contribution in [0.1, 0.15) is 19.8 Å². The summed E-state index contributed by atoms with van der Waals surface area (Å²) in [7, 11) is 0. The van der Waals surface area contributed by atoms with Crippen molar-refractivity contribution in [2.24, 2.45) is 5.92 Å². The van der Waals surface area contributed by atoms with Gasteiger partial charge in [-0.1, -0.05) is 18.5 Å². The zero-order valence-electron chi connectivity index (χ0n) is 11.5. The number of rotatable bonds is 2. The number of aliphatic carboxylic acids is 1. The molecule has 0 aromatic heterocycles. The second-order valence-corrected chi connectivity index (χ2v) is 5.62. The van der Waals surface area contributed by atoms with E-state index in [0.717, 1.165) is 25.0 Å². The molecule has 7 heteroatoms. The highest BCUT2D eigenvalue weighted by atomic mass is 35.5. The SMILES string of the molecule is CC1CCCN(C(=O)Nc2cc(F)cc(Cl)c2)C1C(=O)O. The van der Waals surface area contributed by atoms with Gasteiger partial charge in [0, 0.05) is 17.3 Å². The van der Waals surface area contributed by atoms with Crippen LogP contribution in [-0.4, -0.2) is 34.6 Å². The van der Waals surface area contributed by atoms with E-state index in [1.165, 1.54) is 11.0 Å². The molecule has 2 atom stereocenters. The number of nitrogens with one attached hydrogen (secondary N) is 1. The normalized spacial score (nSPS) is 22.0. The monoisotopic (exact) mass is 314 g/mol. The van der Waals surface area contributed by atoms with Crippen LogP contribution in [-0.2, 0) is 4.79 Å². The lowest BCUT2D eigenvalue weighted by Gasteiger charge is -2.37. The van der Waals surface area contributed by atoms with Crippen LogP contribution in [0.2, 0.25) is 5.02 Å². The molecule has 1 fully saturated rings. The van der Waals surface area contributed by atoms with Crippen LogP contribution in [0, 0.1) is 11.7 Å². The molecule has 114 valence electrons. The van der Waals surface area contributed by atoms with Gasteiger partial charge in [0.1, 0.15) is 11.9 Å². The number of hydrogen-bond donors (Lipinski definition) is 2. The van der Waals surface area contributed by atoms with Crippen LogP contribution in [0.3, 0.4) is 0 Å². The number of carboxylic acids is 1. The largest absolute Gasteiger partial charge is 0.480 e.